The van der Waals surface area contributed by atoms with Crippen LogP contribution >= 0.6 is 0 Å². The molecule has 0 radical (unpaired) electrons. The molecule has 104 valence electrons. The van der Waals surface area contributed by atoms with Gasteiger partial charge in [0.05, 0.1) is 6.42 Å². The second kappa shape index (κ2) is 6.10. The lowest BCUT2D eigenvalue weighted by molar-refractivity contribution is -0.131. The lowest BCUT2D eigenvalue weighted by atomic mass is 10.1. The molecule has 0 saturated carbocycles. The predicted octanol–water partition coefficient (Wildman–Crippen LogP) is 1.72. The second-order valence-electron chi connectivity index (χ2n) is 4.85. The van der Waals surface area contributed by atoms with Gasteiger partial charge in [0, 0.05) is 24.7 Å². The van der Waals surface area contributed by atoms with E-state index in [1.54, 1.807) is 4.90 Å². The average Bonchev–Trinajstić information content (AvgIpc) is 2.82. The maximum absolute atomic E-state index is 13.5. The number of amides is 1. The van der Waals surface area contributed by atoms with Gasteiger partial charge < -0.3 is 10.2 Å². The third kappa shape index (κ3) is 3.29. The van der Waals surface area contributed by atoms with E-state index in [2.05, 4.69) is 5.32 Å². The van der Waals surface area contributed by atoms with Gasteiger partial charge in [-0.3, -0.25) is 4.79 Å². The summed E-state index contributed by atoms with van der Waals surface area (Å²) in [7, 11) is 1.84. The van der Waals surface area contributed by atoms with Crippen LogP contribution in [0.15, 0.2) is 18.2 Å². The van der Waals surface area contributed by atoms with Crippen molar-refractivity contribution in [1.29, 1.82) is 0 Å². The van der Waals surface area contributed by atoms with Crippen LogP contribution in [0.2, 0.25) is 0 Å². The third-order valence-corrected chi connectivity index (χ3v) is 3.49. The Morgan fingerprint density at radius 3 is 3.00 bits per heavy atom. The number of benzene rings is 1. The van der Waals surface area contributed by atoms with E-state index in [9.17, 15) is 13.6 Å². The van der Waals surface area contributed by atoms with Gasteiger partial charge in [0.15, 0.2) is 0 Å². The minimum absolute atomic E-state index is 0.0796. The van der Waals surface area contributed by atoms with Gasteiger partial charge in [0.25, 0.3) is 0 Å². The van der Waals surface area contributed by atoms with Crippen molar-refractivity contribution in [3.8, 4) is 0 Å². The fourth-order valence-corrected chi connectivity index (χ4v) is 2.56. The van der Waals surface area contributed by atoms with Crippen LogP contribution in [0.1, 0.15) is 18.4 Å². The van der Waals surface area contributed by atoms with E-state index in [4.69, 9.17) is 0 Å². The normalized spacial score (nSPS) is 18.9. The largest absolute Gasteiger partial charge is 0.338 e. The number of rotatable bonds is 4. The number of halogens is 2. The zero-order valence-electron chi connectivity index (χ0n) is 11.0. The number of likely N-dealkylation sites (tertiary alicyclic amines) is 1. The molecule has 0 spiro atoms. The minimum atomic E-state index is -0.529. The molecule has 1 aromatic carbocycles. The first kappa shape index (κ1) is 13.9. The molecule has 2 rings (SSSR count). The molecule has 5 heteroatoms. The molecule has 1 fully saturated rings. The highest BCUT2D eigenvalue weighted by atomic mass is 19.1. The Labute approximate surface area is 111 Å². The van der Waals surface area contributed by atoms with Gasteiger partial charge in [-0.05, 0) is 38.1 Å². The van der Waals surface area contributed by atoms with Crippen LogP contribution in [-0.4, -0.2) is 37.0 Å². The fourth-order valence-electron chi connectivity index (χ4n) is 2.56. The number of carbonyl (C=O) groups is 1. The lowest BCUT2D eigenvalue weighted by Crippen LogP contribution is -2.41. The Bertz CT molecular complexity index is 465. The van der Waals surface area contributed by atoms with E-state index in [0.29, 0.717) is 6.54 Å². The van der Waals surface area contributed by atoms with Crippen molar-refractivity contribution in [2.45, 2.75) is 25.3 Å². The van der Waals surface area contributed by atoms with Gasteiger partial charge in [-0.25, -0.2) is 8.78 Å². The highest BCUT2D eigenvalue weighted by Crippen LogP contribution is 2.19. The summed E-state index contributed by atoms with van der Waals surface area (Å²) in [5, 5.41) is 3.05. The summed E-state index contributed by atoms with van der Waals surface area (Å²) >= 11 is 0. The third-order valence-electron chi connectivity index (χ3n) is 3.49. The number of carbonyl (C=O) groups excluding carboxylic acids is 1. The van der Waals surface area contributed by atoms with Crippen LogP contribution in [0.4, 0.5) is 8.78 Å². The van der Waals surface area contributed by atoms with Gasteiger partial charge in [0.1, 0.15) is 11.6 Å². The molecule has 0 aliphatic carbocycles. The van der Waals surface area contributed by atoms with Crippen molar-refractivity contribution in [3.63, 3.8) is 0 Å². The molecule has 1 N–H and O–H groups in total. The van der Waals surface area contributed by atoms with Gasteiger partial charge >= 0.3 is 0 Å². The molecule has 1 saturated heterocycles. The van der Waals surface area contributed by atoms with Crippen molar-refractivity contribution in [2.75, 3.05) is 20.1 Å². The molecule has 1 atom stereocenters. The zero-order chi connectivity index (χ0) is 13.8. The first-order chi connectivity index (χ1) is 9.11. The van der Waals surface area contributed by atoms with E-state index in [1.165, 1.54) is 0 Å². The number of hydrogen-bond acceptors (Lipinski definition) is 2. The first-order valence-electron chi connectivity index (χ1n) is 6.50. The Kier molecular flexibility index (Phi) is 4.47. The van der Waals surface area contributed by atoms with Crippen LogP contribution in [-0.2, 0) is 11.2 Å². The maximum Gasteiger partial charge on any atom is 0.227 e. The van der Waals surface area contributed by atoms with Crippen LogP contribution in [0.5, 0.6) is 0 Å². The highest BCUT2D eigenvalue weighted by molar-refractivity contribution is 5.79. The molecule has 19 heavy (non-hydrogen) atoms. The lowest BCUT2D eigenvalue weighted by Gasteiger charge is -2.24. The standard InChI is InChI=1S/C14H18F2N2O/c1-17-9-12-3-2-6-18(12)14(19)8-10-7-11(15)4-5-13(10)16/h4-5,7,12,17H,2-3,6,8-9H2,1H3. The molecule has 1 aliphatic heterocycles. The van der Waals surface area contributed by atoms with E-state index in [1.807, 2.05) is 7.05 Å². The fraction of sp³-hybridized carbons (Fsp3) is 0.500. The van der Waals surface area contributed by atoms with Crippen molar-refractivity contribution in [1.82, 2.24) is 10.2 Å². The Balaban J connectivity index is 2.06. The van der Waals surface area contributed by atoms with Crippen molar-refractivity contribution in [3.05, 3.63) is 35.4 Å². The van der Waals surface area contributed by atoms with E-state index in [-0.39, 0.29) is 23.9 Å². The molecule has 1 aliphatic rings. The van der Waals surface area contributed by atoms with Crippen LogP contribution in [0, 0.1) is 11.6 Å². The number of nitrogens with one attached hydrogen (secondary N) is 1. The number of nitrogens with zero attached hydrogens (tertiary/aromatic N) is 1. The average molecular weight is 268 g/mol. The molecule has 0 aromatic heterocycles. The Hall–Kier alpha value is -1.49. The molecule has 1 heterocycles. The predicted molar refractivity (Wildman–Crippen MR) is 68.7 cm³/mol. The Morgan fingerprint density at radius 1 is 1.47 bits per heavy atom. The first-order valence-corrected chi connectivity index (χ1v) is 6.50. The summed E-state index contributed by atoms with van der Waals surface area (Å²) in [5.74, 6) is -1.18. The second-order valence-corrected chi connectivity index (χ2v) is 4.85. The summed E-state index contributed by atoms with van der Waals surface area (Å²) in [6.45, 7) is 1.43. The molecular weight excluding hydrogens is 250 g/mol. The van der Waals surface area contributed by atoms with E-state index >= 15 is 0 Å². The molecule has 1 unspecified atom stereocenters. The van der Waals surface area contributed by atoms with Crippen molar-refractivity contribution < 1.29 is 13.6 Å². The molecule has 0 bridgehead atoms. The summed E-state index contributed by atoms with van der Waals surface area (Å²) < 4.78 is 26.6. The van der Waals surface area contributed by atoms with Gasteiger partial charge in [-0.15, -0.1) is 0 Å². The highest BCUT2D eigenvalue weighted by Gasteiger charge is 2.28. The molecule has 1 aromatic rings. The zero-order valence-corrected chi connectivity index (χ0v) is 11.0. The molecular formula is C14H18F2N2O. The molecule has 3 nitrogen and oxygen atoms in total. The topological polar surface area (TPSA) is 32.3 Å². The monoisotopic (exact) mass is 268 g/mol. The summed E-state index contributed by atoms with van der Waals surface area (Å²) in [6, 6.07) is 3.38. The van der Waals surface area contributed by atoms with Crippen molar-refractivity contribution in [2.24, 2.45) is 0 Å². The summed E-state index contributed by atoms with van der Waals surface area (Å²) in [6.07, 6.45) is 1.84. The molecule has 1 amide bonds. The number of likely N-dealkylation sites (N-methyl/N-ethyl adjacent to an activating group) is 1. The van der Waals surface area contributed by atoms with Gasteiger partial charge in [-0.1, -0.05) is 0 Å². The summed E-state index contributed by atoms with van der Waals surface area (Å²) in [5.41, 5.74) is 0.125. The van der Waals surface area contributed by atoms with Crippen molar-refractivity contribution >= 4 is 5.91 Å². The van der Waals surface area contributed by atoms with Crippen LogP contribution in [0.3, 0.4) is 0 Å². The van der Waals surface area contributed by atoms with Gasteiger partial charge in [0.2, 0.25) is 5.91 Å². The van der Waals surface area contributed by atoms with E-state index in [0.717, 1.165) is 37.6 Å². The van der Waals surface area contributed by atoms with Crippen LogP contribution in [0.25, 0.3) is 0 Å². The van der Waals surface area contributed by atoms with E-state index < -0.39 is 11.6 Å². The SMILES string of the molecule is CNCC1CCCN1C(=O)Cc1cc(F)ccc1F. The minimum Gasteiger partial charge on any atom is -0.338 e. The Morgan fingerprint density at radius 2 is 2.26 bits per heavy atom. The maximum atomic E-state index is 13.5. The van der Waals surface area contributed by atoms with Gasteiger partial charge in [-0.2, -0.15) is 0 Å². The smallest absolute Gasteiger partial charge is 0.227 e. The quantitative estimate of drug-likeness (QED) is 0.901. The number of hydrogen-bond donors (Lipinski definition) is 1. The summed E-state index contributed by atoms with van der Waals surface area (Å²) in [4.78, 5) is 13.9. The van der Waals surface area contributed by atoms with Crippen LogP contribution < -0.4 is 5.32 Å².